The summed E-state index contributed by atoms with van der Waals surface area (Å²) >= 11 is 0. The highest BCUT2D eigenvalue weighted by Crippen LogP contribution is 2.31. The predicted octanol–water partition coefficient (Wildman–Crippen LogP) is 3.36. The van der Waals surface area contributed by atoms with Crippen molar-refractivity contribution in [2.45, 2.75) is 4.90 Å². The Labute approximate surface area is 213 Å². The molecule has 1 aliphatic rings. The van der Waals surface area contributed by atoms with Crippen molar-refractivity contribution in [2.75, 3.05) is 40.4 Å². The molecule has 0 atom stereocenters. The minimum atomic E-state index is -3.95. The van der Waals surface area contributed by atoms with E-state index in [-0.39, 0.29) is 53.5 Å². The van der Waals surface area contributed by atoms with E-state index in [9.17, 15) is 26.8 Å². The van der Waals surface area contributed by atoms with Crippen LogP contribution < -0.4 is 9.47 Å². The number of halogens is 2. The maximum atomic E-state index is 13.7. The Morgan fingerprint density at radius 2 is 1.49 bits per heavy atom. The molecule has 0 unspecified atom stereocenters. The Morgan fingerprint density at radius 3 is 2.11 bits per heavy atom. The number of ether oxygens (including phenoxy) is 2. The number of carbonyl (C=O) groups excluding carboxylic acids is 2. The molecule has 0 aromatic heterocycles. The first-order valence-corrected chi connectivity index (χ1v) is 12.7. The third kappa shape index (κ3) is 5.18. The molecule has 37 heavy (non-hydrogen) atoms. The lowest BCUT2D eigenvalue weighted by Crippen LogP contribution is -2.50. The van der Waals surface area contributed by atoms with Gasteiger partial charge in [0, 0.05) is 43.4 Å². The molecule has 3 aromatic carbocycles. The van der Waals surface area contributed by atoms with E-state index in [0.29, 0.717) is 5.75 Å². The minimum Gasteiger partial charge on any atom is -0.497 e. The van der Waals surface area contributed by atoms with Gasteiger partial charge in [-0.05, 0) is 36.4 Å². The lowest BCUT2D eigenvalue weighted by molar-refractivity contribution is 0.0694. The number of amides is 1. The first-order valence-electron chi connectivity index (χ1n) is 11.3. The molecular formula is C26H24F2N2O6S. The van der Waals surface area contributed by atoms with Crippen LogP contribution in [0.25, 0.3) is 0 Å². The summed E-state index contributed by atoms with van der Waals surface area (Å²) in [6.45, 7) is 0.206. The zero-order valence-electron chi connectivity index (χ0n) is 20.1. The summed E-state index contributed by atoms with van der Waals surface area (Å²) in [6.07, 6.45) is 0. The number of hydrogen-bond donors (Lipinski definition) is 0. The van der Waals surface area contributed by atoms with Gasteiger partial charge in [-0.1, -0.05) is 18.2 Å². The fraction of sp³-hybridized carbons (Fsp3) is 0.231. The van der Waals surface area contributed by atoms with Crippen LogP contribution in [0.3, 0.4) is 0 Å². The van der Waals surface area contributed by atoms with Crippen molar-refractivity contribution in [1.29, 1.82) is 0 Å². The monoisotopic (exact) mass is 530 g/mol. The van der Waals surface area contributed by atoms with Crippen LogP contribution in [0.2, 0.25) is 0 Å². The Bertz CT molecular complexity index is 1450. The maximum absolute atomic E-state index is 13.7. The molecule has 0 bridgehead atoms. The Hall–Kier alpha value is -3.83. The normalized spacial score (nSPS) is 14.3. The van der Waals surface area contributed by atoms with E-state index in [1.54, 1.807) is 18.2 Å². The van der Waals surface area contributed by atoms with Crippen molar-refractivity contribution in [2.24, 2.45) is 0 Å². The largest absolute Gasteiger partial charge is 0.497 e. The van der Waals surface area contributed by atoms with Crippen molar-refractivity contribution >= 4 is 21.7 Å². The number of nitrogens with zero attached hydrogens (tertiary/aromatic N) is 2. The molecule has 4 rings (SSSR count). The zero-order valence-corrected chi connectivity index (χ0v) is 20.9. The predicted molar refractivity (Wildman–Crippen MR) is 130 cm³/mol. The number of hydrogen-bond acceptors (Lipinski definition) is 6. The van der Waals surface area contributed by atoms with Crippen molar-refractivity contribution in [3.8, 4) is 11.5 Å². The van der Waals surface area contributed by atoms with Gasteiger partial charge in [-0.3, -0.25) is 9.59 Å². The molecule has 1 aliphatic heterocycles. The van der Waals surface area contributed by atoms with Crippen molar-refractivity contribution in [3.63, 3.8) is 0 Å². The number of methoxy groups -OCH3 is 2. The molecule has 0 N–H and O–H groups in total. The van der Waals surface area contributed by atoms with Crippen LogP contribution in [0.4, 0.5) is 8.78 Å². The highest BCUT2D eigenvalue weighted by atomic mass is 32.2. The number of benzene rings is 3. The standard InChI is InChI=1S/C26H24F2N2O6S/c1-35-18-8-10-23(36-2)24(16-18)37(33,34)30-13-11-29(12-14-30)26(32)20-6-4-3-5-19(20)25(31)17-7-9-21(27)22(28)15-17/h3-10,15-16H,11-14H2,1-2H3. The molecular weight excluding hydrogens is 506 g/mol. The molecule has 194 valence electrons. The molecule has 1 fully saturated rings. The topological polar surface area (TPSA) is 93.2 Å². The van der Waals surface area contributed by atoms with E-state index in [4.69, 9.17) is 9.47 Å². The van der Waals surface area contributed by atoms with Gasteiger partial charge in [0.05, 0.1) is 19.8 Å². The smallest absolute Gasteiger partial charge is 0.254 e. The summed E-state index contributed by atoms with van der Waals surface area (Å²) in [4.78, 5) is 27.7. The molecule has 3 aromatic rings. The molecule has 1 amide bonds. The van der Waals surface area contributed by atoms with Crippen molar-refractivity contribution in [1.82, 2.24) is 9.21 Å². The summed E-state index contributed by atoms with van der Waals surface area (Å²) in [5.74, 6) is -2.82. The summed E-state index contributed by atoms with van der Waals surface area (Å²) < 4.78 is 65.3. The van der Waals surface area contributed by atoms with Gasteiger partial charge in [-0.25, -0.2) is 17.2 Å². The molecule has 11 heteroatoms. The van der Waals surface area contributed by atoms with Gasteiger partial charge in [-0.15, -0.1) is 0 Å². The number of sulfonamides is 1. The highest BCUT2D eigenvalue weighted by Gasteiger charge is 2.33. The van der Waals surface area contributed by atoms with Gasteiger partial charge in [0.2, 0.25) is 10.0 Å². The van der Waals surface area contributed by atoms with Gasteiger partial charge in [-0.2, -0.15) is 4.31 Å². The van der Waals surface area contributed by atoms with Crippen LogP contribution in [0, 0.1) is 11.6 Å². The summed E-state index contributed by atoms with van der Waals surface area (Å²) in [6, 6.07) is 13.3. The molecule has 0 spiro atoms. The number of carbonyl (C=O) groups is 2. The Morgan fingerprint density at radius 1 is 0.811 bits per heavy atom. The second-order valence-corrected chi connectivity index (χ2v) is 10.1. The van der Waals surface area contributed by atoms with Crippen LogP contribution >= 0.6 is 0 Å². The number of ketones is 1. The Balaban J connectivity index is 1.53. The lowest BCUT2D eigenvalue weighted by atomic mass is 9.97. The van der Waals surface area contributed by atoms with E-state index in [1.165, 1.54) is 47.7 Å². The molecule has 8 nitrogen and oxygen atoms in total. The van der Waals surface area contributed by atoms with Crippen molar-refractivity contribution < 1.29 is 36.3 Å². The first kappa shape index (κ1) is 26.2. The summed E-state index contributed by atoms with van der Waals surface area (Å²) in [5, 5.41) is 0. The van der Waals surface area contributed by atoms with Gasteiger partial charge >= 0.3 is 0 Å². The number of rotatable bonds is 7. The average Bonchev–Trinajstić information content (AvgIpc) is 2.93. The molecule has 1 saturated heterocycles. The van der Waals surface area contributed by atoms with Gasteiger partial charge in [0.1, 0.15) is 16.4 Å². The first-order chi connectivity index (χ1) is 17.7. The summed E-state index contributed by atoms with van der Waals surface area (Å²) in [7, 11) is -1.15. The van der Waals surface area contributed by atoms with Crippen LogP contribution in [-0.4, -0.2) is 69.7 Å². The van der Waals surface area contributed by atoms with Gasteiger partial charge in [0.15, 0.2) is 17.4 Å². The van der Waals surface area contributed by atoms with E-state index < -0.39 is 33.3 Å². The van der Waals surface area contributed by atoms with Gasteiger partial charge in [0.25, 0.3) is 5.91 Å². The molecule has 1 heterocycles. The zero-order chi connectivity index (χ0) is 26.7. The fourth-order valence-electron chi connectivity index (χ4n) is 4.09. The SMILES string of the molecule is COc1ccc(OC)c(S(=O)(=O)N2CCN(C(=O)c3ccccc3C(=O)c3ccc(F)c(F)c3)CC2)c1. The van der Waals surface area contributed by atoms with Crippen LogP contribution in [0.15, 0.2) is 65.6 Å². The minimum absolute atomic E-state index is 0.0216. The average molecular weight is 531 g/mol. The highest BCUT2D eigenvalue weighted by molar-refractivity contribution is 7.89. The van der Waals surface area contributed by atoms with Crippen LogP contribution in [0.1, 0.15) is 26.3 Å². The van der Waals surface area contributed by atoms with Crippen LogP contribution in [-0.2, 0) is 10.0 Å². The van der Waals surface area contributed by atoms with E-state index in [0.717, 1.165) is 18.2 Å². The third-order valence-corrected chi connectivity index (χ3v) is 8.02. The van der Waals surface area contributed by atoms with E-state index in [1.807, 2.05) is 0 Å². The maximum Gasteiger partial charge on any atom is 0.254 e. The Kier molecular flexibility index (Phi) is 7.55. The fourth-order valence-corrected chi connectivity index (χ4v) is 5.68. The quantitative estimate of drug-likeness (QED) is 0.435. The molecule has 0 saturated carbocycles. The van der Waals surface area contributed by atoms with E-state index >= 15 is 0 Å². The number of piperazine rings is 1. The summed E-state index contributed by atoms with van der Waals surface area (Å²) in [5.41, 5.74) is 0.0278. The second-order valence-electron chi connectivity index (χ2n) is 8.22. The second kappa shape index (κ2) is 10.7. The van der Waals surface area contributed by atoms with Crippen molar-refractivity contribution in [3.05, 3.63) is 89.0 Å². The lowest BCUT2D eigenvalue weighted by Gasteiger charge is -2.34. The van der Waals surface area contributed by atoms with Crippen LogP contribution in [0.5, 0.6) is 11.5 Å². The molecule has 0 radical (unpaired) electrons. The molecule has 0 aliphatic carbocycles. The third-order valence-electron chi connectivity index (χ3n) is 6.10. The van der Waals surface area contributed by atoms with E-state index in [2.05, 4.69) is 0 Å². The van der Waals surface area contributed by atoms with Gasteiger partial charge < -0.3 is 14.4 Å².